The molecule has 2 aromatic carbocycles. The maximum Gasteiger partial charge on any atom is 0.253 e. The molecule has 206 valence electrons. The lowest BCUT2D eigenvalue weighted by molar-refractivity contribution is 0.0955. The van der Waals surface area contributed by atoms with Gasteiger partial charge in [0.25, 0.3) is 5.91 Å². The molecular weight excluding hydrogens is 546 g/mol. The van der Waals surface area contributed by atoms with Crippen LogP contribution < -0.4 is 19.9 Å². The number of amides is 1. The average Bonchev–Trinajstić information content (AvgIpc) is 3.22. The van der Waals surface area contributed by atoms with Crippen LogP contribution in [0.25, 0.3) is 0 Å². The summed E-state index contributed by atoms with van der Waals surface area (Å²) < 4.78 is 10.2. The zero-order chi connectivity index (χ0) is 28.4. The highest BCUT2D eigenvalue weighted by Gasteiger charge is 2.31. The Morgan fingerprint density at radius 2 is 1.76 bits per heavy atom. The van der Waals surface area contributed by atoms with Gasteiger partial charge in [-0.2, -0.15) is 4.02 Å². The first kappa shape index (κ1) is 29.5. The fourth-order valence-corrected chi connectivity index (χ4v) is 5.36. The first-order valence-electron chi connectivity index (χ1n) is 12.9. The number of nitrogens with zero attached hydrogens (tertiary/aromatic N) is 4. The lowest BCUT2D eigenvalue weighted by atomic mass is 9.84. The summed E-state index contributed by atoms with van der Waals surface area (Å²) in [6, 6.07) is 7.78. The molecule has 0 fully saturated rings. The number of nitrogens with one attached hydrogen (secondary N) is 1. The number of amidine groups is 1. The minimum Gasteiger partial charge on any atom is -0.494 e. The summed E-state index contributed by atoms with van der Waals surface area (Å²) >= 11 is 3.27. The number of methoxy groups -OCH3 is 1. The van der Waals surface area contributed by atoms with E-state index in [0.29, 0.717) is 23.5 Å². The Labute approximate surface area is 235 Å². The van der Waals surface area contributed by atoms with Gasteiger partial charge < -0.3 is 24.8 Å². The van der Waals surface area contributed by atoms with Crippen LogP contribution in [0.4, 0.5) is 11.4 Å². The molecule has 8 nitrogen and oxygen atoms in total. The van der Waals surface area contributed by atoms with Gasteiger partial charge in [-0.15, -0.1) is 0 Å². The number of anilines is 2. The number of rotatable bonds is 9. The van der Waals surface area contributed by atoms with E-state index in [1.807, 2.05) is 48.2 Å². The first-order valence-corrected chi connectivity index (χ1v) is 13.6. The normalized spacial score (nSPS) is 13.9. The molecule has 0 unspecified atom stereocenters. The Bertz CT molecular complexity index is 1250. The van der Waals surface area contributed by atoms with Crippen molar-refractivity contribution in [1.29, 1.82) is 0 Å². The van der Waals surface area contributed by atoms with Crippen molar-refractivity contribution in [2.75, 3.05) is 57.7 Å². The molecule has 0 aliphatic carbocycles. The summed E-state index contributed by atoms with van der Waals surface area (Å²) in [5.41, 5.74) is 5.59. The highest BCUT2D eigenvalue weighted by Crippen LogP contribution is 2.40. The van der Waals surface area contributed by atoms with Crippen LogP contribution in [0.1, 0.15) is 72.0 Å². The minimum atomic E-state index is -0.214. The Balaban J connectivity index is 2.04. The number of hydrogen-bond acceptors (Lipinski definition) is 6. The molecule has 1 amide bonds. The fraction of sp³-hybridized carbons (Fsp3) is 0.483. The van der Waals surface area contributed by atoms with Gasteiger partial charge in [-0.3, -0.25) is 9.59 Å². The topological polar surface area (TPSA) is 77.5 Å². The summed E-state index contributed by atoms with van der Waals surface area (Å²) in [5.74, 6) is 1.27. The fourth-order valence-electron chi connectivity index (χ4n) is 4.95. The quantitative estimate of drug-likeness (QED) is 0.416. The van der Waals surface area contributed by atoms with Crippen molar-refractivity contribution in [3.63, 3.8) is 0 Å². The molecule has 38 heavy (non-hydrogen) atoms. The maximum atomic E-state index is 13.8. The lowest BCUT2D eigenvalue weighted by Crippen LogP contribution is -2.31. The Morgan fingerprint density at radius 3 is 2.26 bits per heavy atom. The van der Waals surface area contributed by atoms with Gasteiger partial charge in [0, 0.05) is 63.2 Å². The highest BCUT2D eigenvalue weighted by molar-refractivity contribution is 9.08. The molecule has 0 bridgehead atoms. The van der Waals surface area contributed by atoms with E-state index in [2.05, 4.69) is 65.0 Å². The minimum absolute atomic E-state index is 0.00706. The molecule has 1 aliphatic heterocycles. The molecule has 1 N–H and O–H groups in total. The van der Waals surface area contributed by atoms with Crippen LogP contribution in [0.2, 0.25) is 0 Å². The third-order valence-electron chi connectivity index (χ3n) is 7.00. The van der Waals surface area contributed by atoms with Crippen molar-refractivity contribution >= 4 is 45.0 Å². The van der Waals surface area contributed by atoms with Crippen LogP contribution >= 0.6 is 16.1 Å². The Hall–Kier alpha value is -3.07. The van der Waals surface area contributed by atoms with E-state index in [9.17, 15) is 9.59 Å². The number of halogens is 1. The van der Waals surface area contributed by atoms with Gasteiger partial charge >= 0.3 is 0 Å². The summed E-state index contributed by atoms with van der Waals surface area (Å²) in [7, 11) is 7.13. The number of ether oxygens (including phenoxy) is 1. The standard InChI is InChI=1S/C29H40BrN5O3/c1-10-34(11-2)24-13-18(12-22(26(24)38-9)29(3,4)5)25(36)17-35-16-19-14-23(33(7)8)21(28(37)31-6)15-20(19)27(35)32-30/h12-15H,10-11,16-17H2,1-9H3,(H,31,37). The van der Waals surface area contributed by atoms with Crippen LogP contribution in [-0.4, -0.2) is 70.3 Å². The number of hydrogen-bond donors (Lipinski definition) is 1. The van der Waals surface area contributed by atoms with Gasteiger partial charge in [0.15, 0.2) is 5.78 Å². The molecule has 1 aliphatic rings. The Kier molecular flexibility index (Phi) is 9.13. The van der Waals surface area contributed by atoms with Gasteiger partial charge in [0.1, 0.15) is 11.6 Å². The number of carbonyl (C=O) groups excluding carboxylic acids is 2. The number of carbonyl (C=O) groups is 2. The van der Waals surface area contributed by atoms with E-state index in [1.165, 1.54) is 0 Å². The largest absolute Gasteiger partial charge is 0.494 e. The van der Waals surface area contributed by atoms with E-state index in [0.717, 1.165) is 46.9 Å². The molecular formula is C29H40BrN5O3. The van der Waals surface area contributed by atoms with Gasteiger partial charge in [-0.25, -0.2) is 0 Å². The van der Waals surface area contributed by atoms with Crippen LogP contribution in [0.15, 0.2) is 28.3 Å². The maximum absolute atomic E-state index is 13.8. The molecule has 0 saturated carbocycles. The van der Waals surface area contributed by atoms with Gasteiger partial charge in [-0.05, 0) is 49.1 Å². The number of fused-ring (bicyclic) bond motifs is 1. The number of ketones is 1. The van der Waals surface area contributed by atoms with Crippen molar-refractivity contribution in [3.8, 4) is 5.75 Å². The van der Waals surface area contributed by atoms with Gasteiger partial charge in [-0.1, -0.05) is 20.8 Å². The molecule has 3 rings (SSSR count). The van der Waals surface area contributed by atoms with Crippen LogP contribution in [0.3, 0.4) is 0 Å². The molecule has 0 spiro atoms. The summed E-state index contributed by atoms with van der Waals surface area (Å²) in [6.07, 6.45) is 0. The highest BCUT2D eigenvalue weighted by atomic mass is 79.9. The van der Waals surface area contributed by atoms with Crippen LogP contribution in [-0.2, 0) is 12.0 Å². The van der Waals surface area contributed by atoms with Crippen LogP contribution in [0.5, 0.6) is 5.75 Å². The second kappa shape index (κ2) is 11.8. The number of Topliss-reactive ketones (excluding diaryl/α,β-unsaturated/α-hetero) is 1. The molecule has 0 aromatic heterocycles. The van der Waals surface area contributed by atoms with Crippen molar-refractivity contribution < 1.29 is 14.3 Å². The second-order valence-corrected chi connectivity index (χ2v) is 11.0. The molecule has 1 heterocycles. The predicted molar refractivity (Wildman–Crippen MR) is 160 cm³/mol. The SMILES string of the molecule is CCN(CC)c1cc(C(=O)CN2Cc3cc(N(C)C)c(C(=O)NC)cc3C2=NBr)cc(C(C)(C)C)c1OC. The van der Waals surface area contributed by atoms with E-state index >= 15 is 0 Å². The van der Waals surface area contributed by atoms with Crippen molar-refractivity contribution in [3.05, 3.63) is 52.1 Å². The van der Waals surface area contributed by atoms with Crippen molar-refractivity contribution in [1.82, 2.24) is 10.2 Å². The smallest absolute Gasteiger partial charge is 0.253 e. The van der Waals surface area contributed by atoms with Gasteiger partial charge in [0.2, 0.25) is 0 Å². The third-order valence-corrected chi connectivity index (χ3v) is 7.33. The molecule has 9 heteroatoms. The van der Waals surface area contributed by atoms with E-state index < -0.39 is 0 Å². The second-order valence-electron chi connectivity index (χ2n) is 10.7. The third kappa shape index (κ3) is 5.67. The molecule has 0 atom stereocenters. The van der Waals surface area contributed by atoms with Crippen LogP contribution in [0, 0.1) is 0 Å². The Morgan fingerprint density at radius 1 is 1.11 bits per heavy atom. The van der Waals surface area contributed by atoms with E-state index in [4.69, 9.17) is 4.74 Å². The predicted octanol–water partition coefficient (Wildman–Crippen LogP) is 5.02. The molecule has 0 radical (unpaired) electrons. The average molecular weight is 587 g/mol. The zero-order valence-electron chi connectivity index (χ0n) is 24.0. The molecule has 2 aromatic rings. The summed E-state index contributed by atoms with van der Waals surface area (Å²) in [6.45, 7) is 12.9. The lowest BCUT2D eigenvalue weighted by Gasteiger charge is -2.30. The number of benzene rings is 2. The monoisotopic (exact) mass is 585 g/mol. The summed E-state index contributed by atoms with van der Waals surface area (Å²) in [4.78, 5) is 32.5. The van der Waals surface area contributed by atoms with Crippen molar-refractivity contribution in [2.45, 2.75) is 46.6 Å². The van der Waals surface area contributed by atoms with Gasteiger partial charge in [0.05, 0.1) is 41.1 Å². The molecule has 0 saturated heterocycles. The van der Waals surface area contributed by atoms with E-state index in [1.54, 1.807) is 14.2 Å². The first-order chi connectivity index (χ1) is 17.9. The summed E-state index contributed by atoms with van der Waals surface area (Å²) in [5, 5.41) is 2.72. The van der Waals surface area contributed by atoms with Crippen molar-refractivity contribution in [2.24, 2.45) is 4.02 Å². The van der Waals surface area contributed by atoms with E-state index in [-0.39, 0.29) is 23.7 Å². The zero-order valence-corrected chi connectivity index (χ0v) is 25.6.